The number of hydrogen-bond donors (Lipinski definition) is 4. The van der Waals surface area contributed by atoms with Gasteiger partial charge in [0, 0.05) is 31.9 Å². The van der Waals surface area contributed by atoms with E-state index in [1.807, 2.05) is 56.4 Å². The third kappa shape index (κ3) is 9.44. The molecular formula is C18H38N4O2S. The van der Waals surface area contributed by atoms with E-state index >= 15 is 0 Å². The van der Waals surface area contributed by atoms with Crippen molar-refractivity contribution in [3.8, 4) is 0 Å². The van der Waals surface area contributed by atoms with Crippen molar-refractivity contribution in [1.29, 1.82) is 0 Å². The first-order valence-electron chi connectivity index (χ1n) is 9.08. The molecule has 0 bridgehead atoms. The molecule has 1 aliphatic heterocycles. The van der Waals surface area contributed by atoms with E-state index in [4.69, 9.17) is 5.73 Å². The summed E-state index contributed by atoms with van der Waals surface area (Å²) in [6.07, 6.45) is 1.02. The Balaban J connectivity index is 0.000000430. The van der Waals surface area contributed by atoms with E-state index in [0.29, 0.717) is 5.75 Å². The Morgan fingerprint density at radius 3 is 2.32 bits per heavy atom. The fraction of sp³-hybridized carbons (Fsp3) is 0.667. The van der Waals surface area contributed by atoms with Crippen molar-refractivity contribution >= 4 is 16.5 Å². The van der Waals surface area contributed by atoms with E-state index in [-0.39, 0.29) is 0 Å². The molecule has 0 spiro atoms. The highest BCUT2D eigenvalue weighted by molar-refractivity contribution is 8.22. The van der Waals surface area contributed by atoms with E-state index in [2.05, 4.69) is 17.3 Å². The van der Waals surface area contributed by atoms with E-state index < -0.39 is 10.8 Å². The van der Waals surface area contributed by atoms with Gasteiger partial charge in [-0.2, -0.15) is 0 Å². The second-order valence-corrected chi connectivity index (χ2v) is 8.09. The molecule has 5 N–H and O–H groups in total. The molecule has 148 valence electrons. The van der Waals surface area contributed by atoms with Crippen LogP contribution in [0.4, 0.5) is 5.69 Å². The van der Waals surface area contributed by atoms with Crippen molar-refractivity contribution in [3.05, 3.63) is 29.8 Å². The molecule has 1 saturated heterocycles. The van der Waals surface area contributed by atoms with Crippen LogP contribution in [-0.2, 0) is 6.54 Å². The van der Waals surface area contributed by atoms with Crippen LogP contribution in [0.3, 0.4) is 0 Å². The summed E-state index contributed by atoms with van der Waals surface area (Å²) in [4.78, 5) is 2.23. The van der Waals surface area contributed by atoms with Crippen LogP contribution in [-0.4, -0.2) is 64.3 Å². The van der Waals surface area contributed by atoms with Gasteiger partial charge in [0.25, 0.3) is 0 Å². The van der Waals surface area contributed by atoms with Crippen LogP contribution in [0.1, 0.15) is 32.8 Å². The number of nitrogen functional groups attached to an aromatic ring is 1. The molecule has 1 aromatic carbocycles. The van der Waals surface area contributed by atoms with Gasteiger partial charge in [0.15, 0.2) is 0 Å². The molecule has 2 rings (SSSR count). The summed E-state index contributed by atoms with van der Waals surface area (Å²) in [5, 5.41) is 3.04. The van der Waals surface area contributed by atoms with Crippen molar-refractivity contribution in [2.45, 2.75) is 33.7 Å². The highest BCUT2D eigenvalue weighted by atomic mass is 32.3. The highest BCUT2D eigenvalue weighted by Gasteiger charge is 2.22. The minimum absolute atomic E-state index is 0.441. The van der Waals surface area contributed by atoms with Crippen LogP contribution in [0.25, 0.3) is 0 Å². The van der Waals surface area contributed by atoms with Gasteiger partial charge >= 0.3 is 0 Å². The average molecular weight is 375 g/mol. The lowest BCUT2D eigenvalue weighted by molar-refractivity contribution is 0.331. The summed E-state index contributed by atoms with van der Waals surface area (Å²) in [7, 11) is 1.52. The lowest BCUT2D eigenvalue weighted by Crippen LogP contribution is -2.32. The zero-order chi connectivity index (χ0) is 19.3. The number of nitrogens with zero attached hydrogens (tertiary/aromatic N) is 2. The van der Waals surface area contributed by atoms with Crippen LogP contribution in [0.2, 0.25) is 0 Å². The number of nitrogens with two attached hydrogens (primary N) is 1. The van der Waals surface area contributed by atoms with E-state index in [1.54, 1.807) is 0 Å². The fourth-order valence-electron chi connectivity index (χ4n) is 2.38. The standard InChI is InChI=1S/C8H20N2O2S.C8H12N2.C2H6/c1-3-13(11,12)10-6-4-5-9(2)7-8-10;1-10-6-7-4-2-3-5-8(7)9;1-2/h11-12H,3-8H2,1-2H3;2-5,10H,6,9H2,1H3;1-2H3. The SMILES string of the molecule is CC.CCS(O)(O)N1CCCN(C)CC1.CNCc1ccccc1N. The van der Waals surface area contributed by atoms with Gasteiger partial charge in [-0.1, -0.05) is 32.0 Å². The monoisotopic (exact) mass is 374 g/mol. The van der Waals surface area contributed by atoms with E-state index in [1.165, 1.54) is 0 Å². The van der Waals surface area contributed by atoms with Gasteiger partial charge in [-0.25, -0.2) is 4.31 Å². The first-order chi connectivity index (χ1) is 11.9. The number of para-hydroxylation sites is 1. The predicted molar refractivity (Wildman–Crippen MR) is 112 cm³/mol. The summed E-state index contributed by atoms with van der Waals surface area (Å²) >= 11 is 0. The van der Waals surface area contributed by atoms with E-state index in [9.17, 15) is 9.11 Å². The number of benzene rings is 1. The molecule has 25 heavy (non-hydrogen) atoms. The molecular weight excluding hydrogens is 336 g/mol. The second-order valence-electron chi connectivity index (χ2n) is 5.74. The molecule has 0 unspecified atom stereocenters. The molecule has 0 amide bonds. The van der Waals surface area contributed by atoms with Gasteiger partial charge in [0.2, 0.25) is 0 Å². The van der Waals surface area contributed by atoms with E-state index in [0.717, 1.165) is 50.4 Å². The molecule has 7 heteroatoms. The molecule has 0 atom stereocenters. The molecule has 1 fully saturated rings. The highest BCUT2D eigenvalue weighted by Crippen LogP contribution is 2.42. The van der Waals surface area contributed by atoms with Gasteiger partial charge in [-0.3, -0.25) is 9.11 Å². The van der Waals surface area contributed by atoms with Crippen molar-refractivity contribution in [2.24, 2.45) is 0 Å². The number of likely N-dealkylation sites (N-methyl/N-ethyl adjacent to an activating group) is 1. The normalized spacial score (nSPS) is 16.8. The molecule has 1 aromatic rings. The Hall–Kier alpha value is -0.830. The van der Waals surface area contributed by atoms with Gasteiger partial charge < -0.3 is 16.0 Å². The molecule has 0 saturated carbocycles. The maximum Gasteiger partial charge on any atom is 0.0502 e. The minimum atomic E-state index is -2.46. The summed E-state index contributed by atoms with van der Waals surface area (Å²) < 4.78 is 21.2. The smallest absolute Gasteiger partial charge is 0.0502 e. The maximum atomic E-state index is 9.71. The van der Waals surface area contributed by atoms with Gasteiger partial charge in [0.1, 0.15) is 0 Å². The Morgan fingerprint density at radius 2 is 1.76 bits per heavy atom. The number of rotatable bonds is 4. The lowest BCUT2D eigenvalue weighted by Gasteiger charge is -2.41. The maximum absolute atomic E-state index is 9.71. The first kappa shape index (κ1) is 24.2. The predicted octanol–water partition coefficient (Wildman–Crippen LogP) is 3.32. The molecule has 0 radical (unpaired) electrons. The van der Waals surface area contributed by atoms with Crippen molar-refractivity contribution in [3.63, 3.8) is 0 Å². The summed E-state index contributed by atoms with van der Waals surface area (Å²) in [5.74, 6) is 0.441. The Labute approximate surface area is 155 Å². The molecule has 1 aliphatic rings. The Morgan fingerprint density at radius 1 is 1.12 bits per heavy atom. The zero-order valence-corrected chi connectivity index (χ0v) is 17.4. The first-order valence-corrected chi connectivity index (χ1v) is 10.8. The zero-order valence-electron chi connectivity index (χ0n) is 16.5. The average Bonchev–Trinajstić information content (AvgIpc) is 2.85. The van der Waals surface area contributed by atoms with Crippen LogP contribution in [0.5, 0.6) is 0 Å². The third-order valence-electron chi connectivity index (χ3n) is 3.90. The third-order valence-corrected chi connectivity index (χ3v) is 5.87. The van der Waals surface area contributed by atoms with Crippen LogP contribution >= 0.6 is 10.8 Å². The van der Waals surface area contributed by atoms with Crippen LogP contribution < -0.4 is 11.1 Å². The van der Waals surface area contributed by atoms with Crippen LogP contribution in [0.15, 0.2) is 24.3 Å². The lowest BCUT2D eigenvalue weighted by atomic mass is 10.2. The molecule has 0 aliphatic carbocycles. The minimum Gasteiger partial charge on any atom is -0.398 e. The molecule has 0 aromatic heterocycles. The number of nitrogens with one attached hydrogen (secondary N) is 1. The molecule has 6 nitrogen and oxygen atoms in total. The topological polar surface area (TPSA) is 85.0 Å². The summed E-state index contributed by atoms with van der Waals surface area (Å²) in [6, 6.07) is 7.86. The van der Waals surface area contributed by atoms with Crippen LogP contribution in [0, 0.1) is 0 Å². The fourth-order valence-corrected chi connectivity index (χ4v) is 3.54. The Bertz CT molecular complexity index is 460. The van der Waals surface area contributed by atoms with Gasteiger partial charge in [0.05, 0.1) is 5.75 Å². The van der Waals surface area contributed by atoms with Gasteiger partial charge in [-0.05, 0) is 45.6 Å². The number of anilines is 1. The second kappa shape index (κ2) is 13.4. The summed E-state index contributed by atoms with van der Waals surface area (Å²) in [6.45, 7) is 10.2. The van der Waals surface area contributed by atoms with Crippen molar-refractivity contribution in [1.82, 2.24) is 14.5 Å². The molecule has 1 heterocycles. The summed E-state index contributed by atoms with van der Waals surface area (Å²) in [5.41, 5.74) is 7.68. The van der Waals surface area contributed by atoms with Crippen molar-refractivity contribution in [2.75, 3.05) is 51.8 Å². The largest absolute Gasteiger partial charge is 0.398 e. The number of hydrogen-bond acceptors (Lipinski definition) is 6. The Kier molecular flexibility index (Phi) is 12.9. The van der Waals surface area contributed by atoms with Crippen molar-refractivity contribution < 1.29 is 9.11 Å². The van der Waals surface area contributed by atoms with Gasteiger partial charge in [-0.15, -0.1) is 10.8 Å². The quantitative estimate of drug-likeness (QED) is 0.605.